The van der Waals surface area contributed by atoms with Crippen LogP contribution >= 0.6 is 0 Å². The highest BCUT2D eigenvalue weighted by molar-refractivity contribution is 6.08. The van der Waals surface area contributed by atoms with Gasteiger partial charge in [-0.1, -0.05) is 12.6 Å². The summed E-state index contributed by atoms with van der Waals surface area (Å²) >= 11 is 0. The molecule has 0 unspecified atom stereocenters. The fourth-order valence-electron chi connectivity index (χ4n) is 4.77. The van der Waals surface area contributed by atoms with E-state index >= 15 is 0 Å². The molecule has 0 amide bonds. The van der Waals surface area contributed by atoms with Crippen molar-refractivity contribution in [3.63, 3.8) is 0 Å². The Hall–Kier alpha value is -4.63. The van der Waals surface area contributed by atoms with Gasteiger partial charge in [0.1, 0.15) is 24.7 Å². The number of esters is 1. The lowest BCUT2D eigenvalue weighted by molar-refractivity contribution is -0.140. The summed E-state index contributed by atoms with van der Waals surface area (Å²) in [5.74, 6) is -0.902. The van der Waals surface area contributed by atoms with Crippen molar-refractivity contribution in [3.8, 4) is 22.5 Å². The molecule has 2 aromatic carbocycles. The normalized spacial score (nSPS) is 11.6. The minimum atomic E-state index is -1.06. The number of carbonyl (C=O) groups excluding carboxylic acids is 1. The number of carbonyl (C=O) groups is 2. The topological polar surface area (TPSA) is 122 Å². The van der Waals surface area contributed by atoms with Crippen molar-refractivity contribution in [2.45, 2.75) is 34.6 Å². The van der Waals surface area contributed by atoms with Crippen molar-refractivity contribution in [2.24, 2.45) is 4.99 Å². The van der Waals surface area contributed by atoms with Gasteiger partial charge in [-0.25, -0.2) is 9.59 Å². The standard InChI is InChI=1S/C33H37N3O6/c1-7-34-27-16-29-25(13-20(27)5)31(26-14-21(6)28(35-8-2)17-30(26)42-29)23-10-9-22(15-24(23)32(37)38)36-18-40-11-12-41-33(39)19(3)4/h9-10,13-17,34,36H,3,7-8,11-12,18H2,1-2,4-6H3,(H,37,38). The number of aryl methyl sites for hydroxylation is 2. The van der Waals surface area contributed by atoms with Crippen LogP contribution in [0.25, 0.3) is 33.4 Å². The van der Waals surface area contributed by atoms with Crippen molar-refractivity contribution >= 4 is 34.3 Å². The Kier molecular flexibility index (Phi) is 9.64. The van der Waals surface area contributed by atoms with Crippen LogP contribution in [-0.4, -0.2) is 50.1 Å². The van der Waals surface area contributed by atoms with Crippen LogP contribution in [0.4, 0.5) is 11.4 Å². The zero-order valence-corrected chi connectivity index (χ0v) is 24.7. The number of carboxylic acid groups (broad SMARTS) is 1. The van der Waals surface area contributed by atoms with Gasteiger partial charge < -0.3 is 29.6 Å². The molecule has 0 bridgehead atoms. The molecule has 1 aliphatic carbocycles. The molecule has 0 saturated heterocycles. The second-order valence-corrected chi connectivity index (χ2v) is 9.99. The average molecular weight is 572 g/mol. The number of hydrogen-bond acceptors (Lipinski definition) is 8. The van der Waals surface area contributed by atoms with Crippen LogP contribution < -0.4 is 16.0 Å². The molecule has 0 atom stereocenters. The number of anilines is 2. The highest BCUT2D eigenvalue weighted by Gasteiger charge is 2.23. The average Bonchev–Trinajstić information content (AvgIpc) is 2.95. The van der Waals surface area contributed by atoms with Crippen LogP contribution in [0.15, 0.2) is 64.0 Å². The fraction of sp³-hybridized carbons (Fsp3) is 0.303. The van der Waals surface area contributed by atoms with Crippen LogP contribution in [-0.2, 0) is 14.3 Å². The molecule has 2 aromatic rings. The SMILES string of the molecule is C=C(C)C(=O)OCCOCNc1ccc(-c2c3cc(C)c(=NCC)cc-3oc3cc(NCC)c(C)cc23)c(C(=O)O)c1. The van der Waals surface area contributed by atoms with E-state index in [2.05, 4.69) is 22.2 Å². The van der Waals surface area contributed by atoms with Gasteiger partial charge >= 0.3 is 11.9 Å². The number of carboxylic acids is 1. The zero-order chi connectivity index (χ0) is 30.4. The third kappa shape index (κ3) is 6.63. The third-order valence-electron chi connectivity index (χ3n) is 6.79. The molecule has 4 rings (SSSR count). The highest BCUT2D eigenvalue weighted by atomic mass is 16.6. The van der Waals surface area contributed by atoms with Gasteiger partial charge in [0, 0.05) is 58.7 Å². The van der Waals surface area contributed by atoms with Crippen molar-refractivity contribution < 1.29 is 28.6 Å². The summed E-state index contributed by atoms with van der Waals surface area (Å²) in [5, 5.41) is 18.4. The second-order valence-electron chi connectivity index (χ2n) is 9.99. The quantitative estimate of drug-likeness (QED) is 0.0589. The molecule has 9 heteroatoms. The monoisotopic (exact) mass is 571 g/mol. The molecule has 1 aliphatic heterocycles. The summed E-state index contributed by atoms with van der Waals surface area (Å²) < 4.78 is 16.9. The van der Waals surface area contributed by atoms with E-state index < -0.39 is 11.9 Å². The summed E-state index contributed by atoms with van der Waals surface area (Å²) in [6.45, 7) is 14.9. The van der Waals surface area contributed by atoms with Gasteiger partial charge in [-0.15, -0.1) is 0 Å². The summed E-state index contributed by atoms with van der Waals surface area (Å²) in [5.41, 5.74) is 6.79. The van der Waals surface area contributed by atoms with Gasteiger partial charge in [0.15, 0.2) is 0 Å². The lowest BCUT2D eigenvalue weighted by Crippen LogP contribution is -2.14. The Balaban J connectivity index is 1.77. The van der Waals surface area contributed by atoms with Crippen LogP contribution in [0, 0.1) is 13.8 Å². The predicted octanol–water partition coefficient (Wildman–Crippen LogP) is 6.38. The number of rotatable bonds is 12. The van der Waals surface area contributed by atoms with Crippen LogP contribution in [0.2, 0.25) is 0 Å². The number of fused-ring (bicyclic) bond motifs is 2. The number of benzene rings is 3. The van der Waals surface area contributed by atoms with E-state index in [-0.39, 0.29) is 25.5 Å². The largest absolute Gasteiger partial charge is 0.478 e. The molecular formula is C33H37N3O6. The first-order chi connectivity index (χ1) is 20.1. The Bertz CT molecular complexity index is 1690. The number of ether oxygens (including phenoxy) is 2. The van der Waals surface area contributed by atoms with E-state index in [1.54, 1.807) is 13.0 Å². The minimum Gasteiger partial charge on any atom is -0.478 e. The van der Waals surface area contributed by atoms with Gasteiger partial charge in [-0.2, -0.15) is 0 Å². The van der Waals surface area contributed by atoms with Crippen molar-refractivity contribution in [3.05, 3.63) is 76.7 Å². The molecule has 42 heavy (non-hydrogen) atoms. The fourth-order valence-corrected chi connectivity index (χ4v) is 4.77. The summed E-state index contributed by atoms with van der Waals surface area (Å²) in [7, 11) is 0. The molecule has 0 fully saturated rings. The van der Waals surface area contributed by atoms with E-state index in [4.69, 9.17) is 13.9 Å². The predicted molar refractivity (Wildman–Crippen MR) is 165 cm³/mol. The lowest BCUT2D eigenvalue weighted by atomic mass is 9.89. The molecule has 2 aliphatic rings. The molecule has 220 valence electrons. The second kappa shape index (κ2) is 13.4. The van der Waals surface area contributed by atoms with Gasteiger partial charge in [0.2, 0.25) is 0 Å². The summed E-state index contributed by atoms with van der Waals surface area (Å²) in [6.07, 6.45) is 0. The molecule has 0 saturated carbocycles. The first kappa shape index (κ1) is 30.3. The number of nitrogens with zero attached hydrogens (tertiary/aromatic N) is 1. The Morgan fingerprint density at radius 3 is 2.48 bits per heavy atom. The summed E-state index contributed by atoms with van der Waals surface area (Å²) in [4.78, 5) is 28.7. The molecular weight excluding hydrogens is 534 g/mol. The Labute approximate surface area is 245 Å². The molecule has 9 nitrogen and oxygen atoms in total. The van der Waals surface area contributed by atoms with Crippen LogP contribution in [0.3, 0.4) is 0 Å². The molecule has 0 aromatic heterocycles. The van der Waals surface area contributed by atoms with Crippen LogP contribution in [0.1, 0.15) is 42.3 Å². The number of aromatic carboxylic acids is 1. The molecule has 0 spiro atoms. The van der Waals surface area contributed by atoms with Crippen molar-refractivity contribution in [2.75, 3.05) is 43.7 Å². The number of nitrogens with one attached hydrogen (secondary N) is 2. The van der Waals surface area contributed by atoms with E-state index in [1.165, 1.54) is 0 Å². The van der Waals surface area contributed by atoms with Crippen molar-refractivity contribution in [1.29, 1.82) is 0 Å². The molecule has 1 heterocycles. The molecule has 0 radical (unpaired) electrons. The first-order valence-electron chi connectivity index (χ1n) is 13.9. The van der Waals surface area contributed by atoms with E-state index in [1.807, 2.05) is 64.1 Å². The molecule has 3 N–H and O–H groups in total. The van der Waals surface area contributed by atoms with Crippen molar-refractivity contribution in [1.82, 2.24) is 0 Å². The maximum absolute atomic E-state index is 12.6. The van der Waals surface area contributed by atoms with E-state index in [0.29, 0.717) is 34.7 Å². The Morgan fingerprint density at radius 1 is 1.00 bits per heavy atom. The van der Waals surface area contributed by atoms with E-state index in [0.717, 1.165) is 45.2 Å². The third-order valence-corrected chi connectivity index (χ3v) is 6.79. The van der Waals surface area contributed by atoms with Gasteiger partial charge in [0.25, 0.3) is 0 Å². The number of hydrogen-bond donors (Lipinski definition) is 3. The smallest absolute Gasteiger partial charge is 0.336 e. The maximum atomic E-state index is 12.6. The van der Waals surface area contributed by atoms with Gasteiger partial charge in [0.05, 0.1) is 17.5 Å². The minimum absolute atomic E-state index is 0.0907. The van der Waals surface area contributed by atoms with E-state index in [9.17, 15) is 14.7 Å². The van der Waals surface area contributed by atoms with Gasteiger partial charge in [-0.3, -0.25) is 4.99 Å². The highest BCUT2D eigenvalue weighted by Crippen LogP contribution is 2.43. The van der Waals surface area contributed by atoms with Crippen LogP contribution in [0.5, 0.6) is 0 Å². The Morgan fingerprint density at radius 2 is 1.79 bits per heavy atom. The maximum Gasteiger partial charge on any atom is 0.336 e. The van der Waals surface area contributed by atoms with Gasteiger partial charge in [-0.05, 0) is 75.6 Å². The lowest BCUT2D eigenvalue weighted by Gasteiger charge is -2.20. The zero-order valence-electron chi connectivity index (χ0n) is 24.7. The first-order valence-corrected chi connectivity index (χ1v) is 13.9. The summed E-state index contributed by atoms with van der Waals surface area (Å²) in [6, 6.07) is 13.2.